The van der Waals surface area contributed by atoms with Gasteiger partial charge in [-0.2, -0.15) is 0 Å². The fraction of sp³-hybridized carbons (Fsp3) is 0.278. The van der Waals surface area contributed by atoms with Crippen LogP contribution in [-0.2, 0) is 21.2 Å². The van der Waals surface area contributed by atoms with Crippen molar-refractivity contribution in [2.24, 2.45) is 0 Å². The summed E-state index contributed by atoms with van der Waals surface area (Å²) in [6.07, 6.45) is 1.88. The standard InChI is InChI=1S/C18H22N2O3S/c1-4-15-10-8-9-13-17(15)19-18(21)14(2)20(24(3,22)23)16-11-6-5-7-12-16/h5-14H,4H2,1-3H3,(H,19,21). The van der Waals surface area contributed by atoms with Crippen LogP contribution in [0.5, 0.6) is 0 Å². The molecule has 0 aromatic heterocycles. The molecule has 0 heterocycles. The first-order valence-corrected chi connectivity index (χ1v) is 9.62. The van der Waals surface area contributed by atoms with Crippen LogP contribution in [0.15, 0.2) is 54.6 Å². The van der Waals surface area contributed by atoms with Gasteiger partial charge in [0.25, 0.3) is 0 Å². The van der Waals surface area contributed by atoms with E-state index < -0.39 is 16.1 Å². The molecule has 0 aliphatic heterocycles. The molecule has 24 heavy (non-hydrogen) atoms. The lowest BCUT2D eigenvalue weighted by atomic mass is 10.1. The fourth-order valence-corrected chi connectivity index (χ4v) is 3.75. The largest absolute Gasteiger partial charge is 0.324 e. The van der Waals surface area contributed by atoms with Crippen LogP contribution in [0.2, 0.25) is 0 Å². The summed E-state index contributed by atoms with van der Waals surface area (Å²) in [5.74, 6) is -0.370. The summed E-state index contributed by atoms with van der Waals surface area (Å²) < 4.78 is 25.5. The quantitative estimate of drug-likeness (QED) is 0.874. The lowest BCUT2D eigenvalue weighted by Gasteiger charge is -2.28. The second kappa shape index (κ2) is 7.49. The number of carbonyl (C=O) groups excluding carboxylic acids is 1. The van der Waals surface area contributed by atoms with Gasteiger partial charge in [0, 0.05) is 5.69 Å². The summed E-state index contributed by atoms with van der Waals surface area (Å²) in [5.41, 5.74) is 2.17. The third kappa shape index (κ3) is 4.14. The molecule has 2 aromatic rings. The number of aryl methyl sites for hydroxylation is 1. The third-order valence-corrected chi connectivity index (χ3v) is 5.00. The first-order valence-electron chi connectivity index (χ1n) is 7.77. The van der Waals surface area contributed by atoms with Gasteiger partial charge < -0.3 is 5.32 Å². The van der Waals surface area contributed by atoms with Crippen molar-refractivity contribution in [2.75, 3.05) is 15.9 Å². The molecule has 0 saturated carbocycles. The number of para-hydroxylation sites is 2. The number of amides is 1. The molecule has 0 bridgehead atoms. The Morgan fingerprint density at radius 3 is 2.25 bits per heavy atom. The van der Waals surface area contributed by atoms with Crippen LogP contribution >= 0.6 is 0 Å². The van der Waals surface area contributed by atoms with E-state index in [4.69, 9.17) is 0 Å². The minimum atomic E-state index is -3.60. The van der Waals surface area contributed by atoms with E-state index in [1.54, 1.807) is 37.3 Å². The molecule has 1 amide bonds. The Kier molecular flexibility index (Phi) is 5.62. The zero-order valence-electron chi connectivity index (χ0n) is 14.1. The Labute approximate surface area is 143 Å². The Morgan fingerprint density at radius 1 is 1.08 bits per heavy atom. The summed E-state index contributed by atoms with van der Waals surface area (Å²) in [5, 5.41) is 2.84. The van der Waals surface area contributed by atoms with Crippen molar-refractivity contribution in [2.45, 2.75) is 26.3 Å². The Bertz CT molecular complexity index is 804. The average molecular weight is 346 g/mol. The van der Waals surface area contributed by atoms with Gasteiger partial charge in [0.05, 0.1) is 11.9 Å². The van der Waals surface area contributed by atoms with E-state index >= 15 is 0 Å². The molecule has 2 rings (SSSR count). The SMILES string of the molecule is CCc1ccccc1NC(=O)C(C)N(c1ccccc1)S(C)(=O)=O. The van der Waals surface area contributed by atoms with E-state index in [9.17, 15) is 13.2 Å². The van der Waals surface area contributed by atoms with Crippen molar-refractivity contribution < 1.29 is 13.2 Å². The second-order valence-corrected chi connectivity index (χ2v) is 7.43. The maximum absolute atomic E-state index is 12.6. The maximum Gasteiger partial charge on any atom is 0.248 e. The number of rotatable bonds is 6. The molecule has 0 fully saturated rings. The number of hydrogen-bond acceptors (Lipinski definition) is 3. The first kappa shape index (κ1) is 18.0. The zero-order chi connectivity index (χ0) is 17.7. The van der Waals surface area contributed by atoms with Gasteiger partial charge in [-0.15, -0.1) is 0 Å². The lowest BCUT2D eigenvalue weighted by molar-refractivity contribution is -0.116. The highest BCUT2D eigenvalue weighted by Crippen LogP contribution is 2.22. The zero-order valence-corrected chi connectivity index (χ0v) is 14.9. The Morgan fingerprint density at radius 2 is 1.67 bits per heavy atom. The van der Waals surface area contributed by atoms with E-state index in [0.29, 0.717) is 11.4 Å². The highest BCUT2D eigenvalue weighted by Gasteiger charge is 2.29. The molecular formula is C18H22N2O3S. The van der Waals surface area contributed by atoms with E-state index in [1.807, 2.05) is 31.2 Å². The molecule has 0 aliphatic carbocycles. The number of anilines is 2. The number of hydrogen-bond donors (Lipinski definition) is 1. The molecule has 0 aliphatic rings. The third-order valence-electron chi connectivity index (χ3n) is 3.76. The van der Waals surface area contributed by atoms with Crippen LogP contribution in [0.25, 0.3) is 0 Å². The maximum atomic E-state index is 12.6. The molecule has 0 radical (unpaired) electrons. The molecule has 128 valence electrons. The van der Waals surface area contributed by atoms with Crippen LogP contribution < -0.4 is 9.62 Å². The Hall–Kier alpha value is -2.34. The molecule has 1 N–H and O–H groups in total. The van der Waals surface area contributed by atoms with E-state index in [0.717, 1.165) is 22.5 Å². The van der Waals surface area contributed by atoms with E-state index in [2.05, 4.69) is 5.32 Å². The lowest BCUT2D eigenvalue weighted by Crippen LogP contribution is -2.45. The predicted octanol–water partition coefficient (Wildman–Crippen LogP) is 3.04. The van der Waals surface area contributed by atoms with Crippen molar-refractivity contribution in [1.29, 1.82) is 0 Å². The number of benzene rings is 2. The molecule has 6 heteroatoms. The van der Waals surface area contributed by atoms with Gasteiger partial charge in [0.15, 0.2) is 0 Å². The smallest absolute Gasteiger partial charge is 0.248 e. The van der Waals surface area contributed by atoms with Crippen LogP contribution in [0.1, 0.15) is 19.4 Å². The van der Waals surface area contributed by atoms with Gasteiger partial charge >= 0.3 is 0 Å². The summed E-state index contributed by atoms with van der Waals surface area (Å²) in [6, 6.07) is 15.3. The Balaban J connectivity index is 2.30. The summed E-state index contributed by atoms with van der Waals surface area (Å²) in [7, 11) is -3.60. The molecule has 2 aromatic carbocycles. The van der Waals surface area contributed by atoms with Gasteiger partial charge in [-0.3, -0.25) is 9.10 Å². The first-order chi connectivity index (χ1) is 11.3. The van der Waals surface area contributed by atoms with Gasteiger partial charge in [0.1, 0.15) is 6.04 Å². The predicted molar refractivity (Wildman–Crippen MR) is 97.7 cm³/mol. The van der Waals surface area contributed by atoms with Gasteiger partial charge in [-0.05, 0) is 37.1 Å². The normalized spacial score (nSPS) is 12.5. The summed E-state index contributed by atoms with van der Waals surface area (Å²) >= 11 is 0. The number of carbonyl (C=O) groups is 1. The van der Waals surface area contributed by atoms with E-state index in [1.165, 1.54) is 0 Å². The minimum absolute atomic E-state index is 0.370. The van der Waals surface area contributed by atoms with Gasteiger partial charge in [-0.25, -0.2) is 8.42 Å². The number of nitrogens with one attached hydrogen (secondary N) is 1. The summed E-state index contributed by atoms with van der Waals surface area (Å²) in [6.45, 7) is 3.58. The highest BCUT2D eigenvalue weighted by molar-refractivity contribution is 7.92. The van der Waals surface area contributed by atoms with Crippen LogP contribution in [-0.4, -0.2) is 26.6 Å². The number of nitrogens with zero attached hydrogens (tertiary/aromatic N) is 1. The highest BCUT2D eigenvalue weighted by atomic mass is 32.2. The van der Waals surface area contributed by atoms with Crippen molar-refractivity contribution in [3.8, 4) is 0 Å². The molecule has 1 unspecified atom stereocenters. The van der Waals surface area contributed by atoms with Crippen molar-refractivity contribution >= 4 is 27.3 Å². The average Bonchev–Trinajstić information content (AvgIpc) is 2.55. The van der Waals surface area contributed by atoms with Crippen LogP contribution in [0, 0.1) is 0 Å². The second-order valence-electron chi connectivity index (χ2n) is 5.57. The molecule has 1 atom stereocenters. The molecule has 0 saturated heterocycles. The summed E-state index contributed by atoms with van der Waals surface area (Å²) in [4.78, 5) is 12.6. The minimum Gasteiger partial charge on any atom is -0.324 e. The molecule has 0 spiro atoms. The number of sulfonamides is 1. The van der Waals surface area contributed by atoms with Crippen molar-refractivity contribution in [3.63, 3.8) is 0 Å². The van der Waals surface area contributed by atoms with Gasteiger partial charge in [-0.1, -0.05) is 43.3 Å². The topological polar surface area (TPSA) is 66.5 Å². The monoisotopic (exact) mass is 346 g/mol. The fourth-order valence-electron chi connectivity index (χ4n) is 2.57. The molecular weight excluding hydrogens is 324 g/mol. The van der Waals surface area contributed by atoms with E-state index in [-0.39, 0.29) is 5.91 Å². The van der Waals surface area contributed by atoms with Crippen LogP contribution in [0.3, 0.4) is 0 Å². The van der Waals surface area contributed by atoms with Gasteiger partial charge in [0.2, 0.25) is 15.9 Å². The van der Waals surface area contributed by atoms with Crippen LogP contribution in [0.4, 0.5) is 11.4 Å². The molecule has 5 nitrogen and oxygen atoms in total. The van der Waals surface area contributed by atoms with Crippen molar-refractivity contribution in [1.82, 2.24) is 0 Å². The van der Waals surface area contributed by atoms with Crippen molar-refractivity contribution in [3.05, 3.63) is 60.2 Å².